The van der Waals surface area contributed by atoms with Crippen LogP contribution in [0.3, 0.4) is 0 Å². The molecule has 1 heterocycles. The summed E-state index contributed by atoms with van der Waals surface area (Å²) >= 11 is 0. The third-order valence-corrected chi connectivity index (χ3v) is 3.79. The van der Waals surface area contributed by atoms with Crippen LogP contribution in [0.4, 0.5) is 10.1 Å². The van der Waals surface area contributed by atoms with Crippen molar-refractivity contribution in [1.29, 1.82) is 0 Å². The van der Waals surface area contributed by atoms with Crippen LogP contribution in [0, 0.1) is 12.7 Å². The second kappa shape index (κ2) is 3.97. The van der Waals surface area contributed by atoms with Crippen LogP contribution in [0.1, 0.15) is 33.3 Å². The average molecular weight is 251 g/mol. The Morgan fingerprint density at radius 2 is 1.61 bits per heavy atom. The van der Waals surface area contributed by atoms with E-state index in [1.807, 2.05) is 27.7 Å². The minimum Gasteiger partial charge on any atom is -0.399 e. The summed E-state index contributed by atoms with van der Waals surface area (Å²) in [7, 11) is -0.754. The van der Waals surface area contributed by atoms with Crippen LogP contribution in [0.2, 0.25) is 0 Å². The van der Waals surface area contributed by atoms with E-state index >= 15 is 0 Å². The minimum absolute atomic E-state index is 0.291. The zero-order valence-corrected chi connectivity index (χ0v) is 11.5. The SMILES string of the molecule is Cc1cc(N)c(B2OC(C)(C)C(C)(C)O2)c(F)c1. The number of rotatable bonds is 1. The molecule has 0 aliphatic carbocycles. The summed E-state index contributed by atoms with van der Waals surface area (Å²) in [4.78, 5) is 0. The van der Waals surface area contributed by atoms with Gasteiger partial charge < -0.3 is 15.0 Å². The van der Waals surface area contributed by atoms with E-state index in [4.69, 9.17) is 15.0 Å². The molecule has 1 saturated heterocycles. The van der Waals surface area contributed by atoms with Crippen molar-refractivity contribution in [3.63, 3.8) is 0 Å². The van der Waals surface area contributed by atoms with Gasteiger partial charge in [-0.25, -0.2) is 4.39 Å². The molecule has 0 radical (unpaired) electrons. The number of halogens is 1. The van der Waals surface area contributed by atoms with E-state index < -0.39 is 18.3 Å². The Labute approximate surface area is 108 Å². The van der Waals surface area contributed by atoms with Gasteiger partial charge in [-0.3, -0.25) is 0 Å². The Kier molecular flexibility index (Phi) is 2.95. The Balaban J connectivity index is 2.42. The number of nitrogen functional groups attached to an aromatic ring is 1. The number of hydrogen-bond acceptors (Lipinski definition) is 3. The highest BCUT2D eigenvalue weighted by molar-refractivity contribution is 6.64. The lowest BCUT2D eigenvalue weighted by molar-refractivity contribution is 0.00578. The van der Waals surface area contributed by atoms with Gasteiger partial charge >= 0.3 is 7.12 Å². The van der Waals surface area contributed by atoms with Gasteiger partial charge in [-0.05, 0) is 52.3 Å². The molecule has 0 spiro atoms. The van der Waals surface area contributed by atoms with Crippen molar-refractivity contribution < 1.29 is 13.7 Å². The molecule has 0 unspecified atom stereocenters. The minimum atomic E-state index is -0.754. The molecule has 1 aromatic carbocycles. The Morgan fingerprint density at radius 3 is 2.06 bits per heavy atom. The molecule has 5 heteroatoms. The number of nitrogens with two attached hydrogens (primary N) is 1. The summed E-state index contributed by atoms with van der Waals surface area (Å²) in [6.45, 7) is 9.50. The van der Waals surface area contributed by atoms with Crippen molar-refractivity contribution in [3.05, 3.63) is 23.5 Å². The number of benzene rings is 1. The summed E-state index contributed by atoms with van der Waals surface area (Å²) in [5.74, 6) is -0.383. The zero-order chi connectivity index (χ0) is 13.7. The Morgan fingerprint density at radius 1 is 1.11 bits per heavy atom. The molecule has 3 nitrogen and oxygen atoms in total. The van der Waals surface area contributed by atoms with E-state index in [-0.39, 0.29) is 5.82 Å². The first kappa shape index (κ1) is 13.4. The van der Waals surface area contributed by atoms with Gasteiger partial charge in [-0.15, -0.1) is 0 Å². The zero-order valence-electron chi connectivity index (χ0n) is 11.5. The highest BCUT2D eigenvalue weighted by Crippen LogP contribution is 2.37. The maximum absolute atomic E-state index is 14.0. The molecule has 2 rings (SSSR count). The molecule has 1 aromatic rings. The molecule has 98 valence electrons. The quantitative estimate of drug-likeness (QED) is 0.613. The second-order valence-electron chi connectivity index (χ2n) is 5.84. The number of hydrogen-bond donors (Lipinski definition) is 1. The largest absolute Gasteiger partial charge is 0.499 e. The van der Waals surface area contributed by atoms with E-state index in [0.29, 0.717) is 11.2 Å². The van der Waals surface area contributed by atoms with Gasteiger partial charge in [0.1, 0.15) is 5.82 Å². The molecule has 0 amide bonds. The molecule has 1 aliphatic rings. The molecule has 0 atom stereocenters. The van der Waals surface area contributed by atoms with E-state index in [1.54, 1.807) is 13.0 Å². The first-order valence-corrected chi connectivity index (χ1v) is 6.05. The molecule has 0 bridgehead atoms. The number of anilines is 1. The molecular weight excluding hydrogens is 232 g/mol. The van der Waals surface area contributed by atoms with Crippen molar-refractivity contribution in [1.82, 2.24) is 0 Å². The van der Waals surface area contributed by atoms with Crippen LogP contribution in [-0.4, -0.2) is 18.3 Å². The van der Waals surface area contributed by atoms with E-state index in [9.17, 15) is 4.39 Å². The van der Waals surface area contributed by atoms with E-state index in [2.05, 4.69) is 0 Å². The Bertz CT molecular complexity index is 449. The molecule has 1 fully saturated rings. The van der Waals surface area contributed by atoms with Gasteiger partial charge in [-0.1, -0.05) is 0 Å². The fourth-order valence-corrected chi connectivity index (χ4v) is 1.99. The lowest BCUT2D eigenvalue weighted by Crippen LogP contribution is -2.41. The lowest BCUT2D eigenvalue weighted by Gasteiger charge is -2.32. The van der Waals surface area contributed by atoms with Gasteiger partial charge in [0.2, 0.25) is 0 Å². The van der Waals surface area contributed by atoms with Crippen LogP contribution < -0.4 is 11.2 Å². The van der Waals surface area contributed by atoms with Gasteiger partial charge in [-0.2, -0.15) is 0 Å². The van der Waals surface area contributed by atoms with Crippen LogP contribution in [0.25, 0.3) is 0 Å². The first-order chi connectivity index (χ1) is 8.14. The van der Waals surface area contributed by atoms with Gasteiger partial charge in [0, 0.05) is 11.2 Å². The third-order valence-electron chi connectivity index (χ3n) is 3.79. The maximum atomic E-state index is 14.0. The van der Waals surface area contributed by atoms with Crippen LogP contribution in [0.15, 0.2) is 12.1 Å². The molecule has 0 aromatic heterocycles. The van der Waals surface area contributed by atoms with Crippen molar-refractivity contribution in [2.45, 2.75) is 45.8 Å². The fraction of sp³-hybridized carbons (Fsp3) is 0.538. The van der Waals surface area contributed by atoms with Gasteiger partial charge in [0.05, 0.1) is 11.2 Å². The standard InChI is InChI=1S/C13H19BFNO2/c1-8-6-9(15)11(10(16)7-8)14-17-12(2,3)13(4,5)18-14/h6-7H,16H2,1-5H3. The molecule has 18 heavy (non-hydrogen) atoms. The van der Waals surface area contributed by atoms with E-state index in [0.717, 1.165) is 5.56 Å². The third kappa shape index (κ3) is 2.02. The van der Waals surface area contributed by atoms with Crippen molar-refractivity contribution in [3.8, 4) is 0 Å². The van der Waals surface area contributed by atoms with E-state index in [1.165, 1.54) is 6.07 Å². The summed E-state index contributed by atoms with van der Waals surface area (Å²) in [6, 6.07) is 3.17. The highest BCUT2D eigenvalue weighted by Gasteiger charge is 2.53. The molecule has 0 saturated carbocycles. The first-order valence-electron chi connectivity index (χ1n) is 6.05. The topological polar surface area (TPSA) is 44.5 Å². The average Bonchev–Trinajstić information content (AvgIpc) is 2.32. The van der Waals surface area contributed by atoms with Crippen LogP contribution in [-0.2, 0) is 9.31 Å². The van der Waals surface area contributed by atoms with Gasteiger partial charge in [0.25, 0.3) is 0 Å². The van der Waals surface area contributed by atoms with Crippen molar-refractivity contribution >= 4 is 18.3 Å². The second-order valence-corrected chi connectivity index (χ2v) is 5.84. The fourth-order valence-electron chi connectivity index (χ4n) is 1.99. The van der Waals surface area contributed by atoms with Crippen molar-refractivity contribution in [2.75, 3.05) is 5.73 Å². The summed E-state index contributed by atoms with van der Waals surface area (Å²) in [6.07, 6.45) is 0. The van der Waals surface area contributed by atoms with Crippen LogP contribution in [0.5, 0.6) is 0 Å². The summed E-state index contributed by atoms with van der Waals surface area (Å²) < 4.78 is 25.6. The Hall–Kier alpha value is -1.07. The molecular formula is C13H19BFNO2. The highest BCUT2D eigenvalue weighted by atomic mass is 19.1. The van der Waals surface area contributed by atoms with Gasteiger partial charge in [0.15, 0.2) is 0 Å². The summed E-state index contributed by atoms with van der Waals surface area (Å²) in [5.41, 5.74) is 6.32. The maximum Gasteiger partial charge on any atom is 0.499 e. The smallest absolute Gasteiger partial charge is 0.399 e. The van der Waals surface area contributed by atoms with Crippen LogP contribution >= 0.6 is 0 Å². The predicted octanol–water partition coefficient (Wildman–Crippen LogP) is 2.02. The molecule has 1 aliphatic heterocycles. The molecule has 2 N–H and O–H groups in total. The predicted molar refractivity (Wildman–Crippen MR) is 71.3 cm³/mol. The normalized spacial score (nSPS) is 21.3. The lowest BCUT2D eigenvalue weighted by atomic mass is 9.77. The summed E-state index contributed by atoms with van der Waals surface area (Å²) in [5, 5.41) is 0. The number of aryl methyl sites for hydroxylation is 1. The monoisotopic (exact) mass is 251 g/mol. The van der Waals surface area contributed by atoms with Crippen molar-refractivity contribution in [2.24, 2.45) is 0 Å².